The average Bonchev–Trinajstić information content (AvgIpc) is 2.69. The summed E-state index contributed by atoms with van der Waals surface area (Å²) in [6.45, 7) is 2.05. The monoisotopic (exact) mass is 228 g/mol. The minimum absolute atomic E-state index is 0.128. The highest BCUT2D eigenvalue weighted by Gasteiger charge is 2.17. The largest absolute Gasteiger partial charge is 0.295 e. The summed E-state index contributed by atoms with van der Waals surface area (Å²) < 4.78 is 1.68. The van der Waals surface area contributed by atoms with Crippen LogP contribution < -0.4 is 5.56 Å². The number of benzene rings is 1. The predicted octanol–water partition coefficient (Wildman–Crippen LogP) is 2.35. The molecule has 0 radical (unpaired) electrons. The lowest BCUT2D eigenvalue weighted by molar-refractivity contribution is 0.671. The number of rotatable bonds is 1. The van der Waals surface area contributed by atoms with Gasteiger partial charge >= 0.3 is 0 Å². The molecule has 0 bridgehead atoms. The van der Waals surface area contributed by atoms with Crippen molar-refractivity contribution in [1.82, 2.24) is 9.78 Å². The van der Waals surface area contributed by atoms with Crippen molar-refractivity contribution in [2.24, 2.45) is 0 Å². The molecule has 1 aromatic carbocycles. The summed E-state index contributed by atoms with van der Waals surface area (Å²) in [4.78, 5) is 12.2. The maximum atomic E-state index is 12.2. The lowest BCUT2D eigenvalue weighted by Gasteiger charge is -2.07. The van der Waals surface area contributed by atoms with E-state index in [1.54, 1.807) is 4.68 Å². The van der Waals surface area contributed by atoms with Crippen molar-refractivity contribution in [3.05, 3.63) is 51.4 Å². The van der Waals surface area contributed by atoms with Gasteiger partial charge in [0, 0.05) is 11.3 Å². The molecule has 1 heterocycles. The SMILES string of the molecule is Cc1ccc(-n2[nH]c3c(c2=O)CCCC3)cc1. The maximum absolute atomic E-state index is 12.2. The fourth-order valence-corrected chi connectivity index (χ4v) is 2.46. The molecule has 1 N–H and O–H groups in total. The first-order valence-electron chi connectivity index (χ1n) is 6.15. The Hall–Kier alpha value is -1.77. The van der Waals surface area contributed by atoms with Crippen LogP contribution in [0.2, 0.25) is 0 Å². The Labute approximate surface area is 100 Å². The van der Waals surface area contributed by atoms with E-state index in [9.17, 15) is 4.79 Å². The third-order valence-corrected chi connectivity index (χ3v) is 3.47. The minimum Gasteiger partial charge on any atom is -0.295 e. The van der Waals surface area contributed by atoms with Crippen molar-refractivity contribution in [3.63, 3.8) is 0 Å². The molecular formula is C14H16N2O. The molecule has 3 rings (SSSR count). The zero-order chi connectivity index (χ0) is 11.8. The van der Waals surface area contributed by atoms with Crippen LogP contribution in [0.15, 0.2) is 29.1 Å². The number of H-pyrrole nitrogens is 1. The maximum Gasteiger partial charge on any atom is 0.274 e. The highest BCUT2D eigenvalue weighted by Crippen LogP contribution is 2.17. The molecule has 1 aliphatic carbocycles. The van der Waals surface area contributed by atoms with Crippen LogP contribution >= 0.6 is 0 Å². The Balaban J connectivity index is 2.12. The fourth-order valence-electron chi connectivity index (χ4n) is 2.46. The van der Waals surface area contributed by atoms with Gasteiger partial charge in [0.05, 0.1) is 5.69 Å². The molecule has 0 saturated heterocycles. The van der Waals surface area contributed by atoms with E-state index in [2.05, 4.69) is 5.10 Å². The summed E-state index contributed by atoms with van der Waals surface area (Å²) in [6, 6.07) is 8.03. The topological polar surface area (TPSA) is 37.8 Å². The predicted molar refractivity (Wildman–Crippen MR) is 67.8 cm³/mol. The second kappa shape index (κ2) is 3.91. The van der Waals surface area contributed by atoms with E-state index in [1.807, 2.05) is 31.2 Å². The van der Waals surface area contributed by atoms with E-state index in [0.29, 0.717) is 0 Å². The van der Waals surface area contributed by atoms with E-state index in [-0.39, 0.29) is 5.56 Å². The molecule has 88 valence electrons. The normalized spacial score (nSPS) is 14.6. The van der Waals surface area contributed by atoms with Crippen LogP contribution in [0, 0.1) is 6.92 Å². The molecule has 3 heteroatoms. The quantitative estimate of drug-likeness (QED) is 0.799. The van der Waals surface area contributed by atoms with E-state index in [1.165, 1.54) is 12.0 Å². The molecule has 0 aliphatic heterocycles. The zero-order valence-corrected chi connectivity index (χ0v) is 9.99. The number of aromatic nitrogens is 2. The van der Waals surface area contributed by atoms with Gasteiger partial charge in [-0.15, -0.1) is 0 Å². The first-order valence-corrected chi connectivity index (χ1v) is 6.15. The molecule has 17 heavy (non-hydrogen) atoms. The Morgan fingerprint density at radius 3 is 2.53 bits per heavy atom. The summed E-state index contributed by atoms with van der Waals surface area (Å²) in [5.41, 5.74) is 4.37. The smallest absolute Gasteiger partial charge is 0.274 e. The van der Waals surface area contributed by atoms with Gasteiger partial charge in [-0.3, -0.25) is 9.89 Å². The number of aryl methyl sites for hydroxylation is 2. The summed E-state index contributed by atoms with van der Waals surface area (Å²) in [5.74, 6) is 0. The second-order valence-electron chi connectivity index (χ2n) is 4.75. The van der Waals surface area contributed by atoms with Crippen LogP contribution in [0.4, 0.5) is 0 Å². The number of hydrogen-bond acceptors (Lipinski definition) is 1. The highest BCUT2D eigenvalue weighted by molar-refractivity contribution is 5.35. The minimum atomic E-state index is 0.128. The van der Waals surface area contributed by atoms with Crippen molar-refractivity contribution in [3.8, 4) is 5.69 Å². The van der Waals surface area contributed by atoms with Crippen molar-refractivity contribution >= 4 is 0 Å². The van der Waals surface area contributed by atoms with Gasteiger partial charge in [-0.25, -0.2) is 4.68 Å². The van der Waals surface area contributed by atoms with Crippen molar-refractivity contribution in [1.29, 1.82) is 0 Å². The second-order valence-corrected chi connectivity index (χ2v) is 4.75. The lowest BCUT2D eigenvalue weighted by atomic mass is 9.98. The van der Waals surface area contributed by atoms with Crippen LogP contribution in [0.3, 0.4) is 0 Å². The molecular weight excluding hydrogens is 212 g/mol. The van der Waals surface area contributed by atoms with Gasteiger partial charge in [-0.05, 0) is 44.7 Å². The Morgan fingerprint density at radius 1 is 1.12 bits per heavy atom. The third-order valence-electron chi connectivity index (χ3n) is 3.47. The van der Waals surface area contributed by atoms with Gasteiger partial charge in [-0.1, -0.05) is 17.7 Å². The third kappa shape index (κ3) is 1.71. The van der Waals surface area contributed by atoms with Crippen LogP contribution in [0.25, 0.3) is 5.69 Å². The summed E-state index contributed by atoms with van der Waals surface area (Å²) in [6.07, 6.45) is 4.24. The number of nitrogens with one attached hydrogen (secondary N) is 1. The standard InChI is InChI=1S/C14H16N2O/c1-10-6-8-11(9-7-10)16-14(17)12-4-2-3-5-13(12)15-16/h6-9,15H,2-5H2,1H3. The van der Waals surface area contributed by atoms with E-state index in [4.69, 9.17) is 0 Å². The average molecular weight is 228 g/mol. The number of aromatic amines is 1. The Bertz CT molecular complexity index is 590. The van der Waals surface area contributed by atoms with Gasteiger partial charge in [0.15, 0.2) is 0 Å². The number of nitrogens with zero attached hydrogens (tertiary/aromatic N) is 1. The van der Waals surface area contributed by atoms with Gasteiger partial charge in [0.25, 0.3) is 5.56 Å². The van der Waals surface area contributed by atoms with Crippen molar-refractivity contribution in [2.75, 3.05) is 0 Å². The summed E-state index contributed by atoms with van der Waals surface area (Å²) >= 11 is 0. The number of hydrogen-bond donors (Lipinski definition) is 1. The molecule has 1 aromatic heterocycles. The van der Waals surface area contributed by atoms with Crippen LogP contribution in [-0.4, -0.2) is 9.78 Å². The molecule has 0 fully saturated rings. The molecule has 0 spiro atoms. The summed E-state index contributed by atoms with van der Waals surface area (Å²) in [5, 5.41) is 3.24. The van der Waals surface area contributed by atoms with E-state index in [0.717, 1.165) is 36.2 Å². The molecule has 1 aliphatic rings. The molecule has 0 saturated carbocycles. The molecule has 3 nitrogen and oxygen atoms in total. The first kappa shape index (κ1) is 10.4. The fraction of sp³-hybridized carbons (Fsp3) is 0.357. The van der Waals surface area contributed by atoms with E-state index >= 15 is 0 Å². The van der Waals surface area contributed by atoms with Crippen molar-refractivity contribution in [2.45, 2.75) is 32.6 Å². The first-order chi connectivity index (χ1) is 8.25. The van der Waals surface area contributed by atoms with Crippen LogP contribution in [0.1, 0.15) is 29.7 Å². The summed E-state index contributed by atoms with van der Waals surface area (Å²) in [7, 11) is 0. The zero-order valence-electron chi connectivity index (χ0n) is 9.99. The molecule has 2 aromatic rings. The van der Waals surface area contributed by atoms with E-state index < -0.39 is 0 Å². The van der Waals surface area contributed by atoms with Crippen LogP contribution in [-0.2, 0) is 12.8 Å². The highest BCUT2D eigenvalue weighted by atomic mass is 16.1. The Morgan fingerprint density at radius 2 is 1.82 bits per heavy atom. The Kier molecular flexibility index (Phi) is 2.39. The van der Waals surface area contributed by atoms with Crippen molar-refractivity contribution < 1.29 is 0 Å². The van der Waals surface area contributed by atoms with Gasteiger partial charge in [0.2, 0.25) is 0 Å². The van der Waals surface area contributed by atoms with Gasteiger partial charge < -0.3 is 0 Å². The van der Waals surface area contributed by atoms with Gasteiger partial charge in [0.1, 0.15) is 0 Å². The molecule has 0 atom stereocenters. The molecule has 0 unspecified atom stereocenters. The number of fused-ring (bicyclic) bond motifs is 1. The van der Waals surface area contributed by atoms with Crippen LogP contribution in [0.5, 0.6) is 0 Å². The van der Waals surface area contributed by atoms with Gasteiger partial charge in [-0.2, -0.15) is 0 Å². The molecule has 0 amide bonds. The lowest BCUT2D eigenvalue weighted by Crippen LogP contribution is -2.17.